The van der Waals surface area contributed by atoms with Crippen molar-refractivity contribution in [1.82, 2.24) is 10.2 Å². The van der Waals surface area contributed by atoms with Gasteiger partial charge in [0.25, 0.3) is 0 Å². The fraction of sp³-hybridized carbons (Fsp3) is 0.923. The molecule has 0 spiro atoms. The van der Waals surface area contributed by atoms with Gasteiger partial charge >= 0.3 is 0 Å². The lowest BCUT2D eigenvalue weighted by molar-refractivity contribution is -0.129. The Hall–Kier alpha value is -0.570. The SMILES string of the molecule is CCC1NCC(=O)N1CC1(C)CCCCC1. The van der Waals surface area contributed by atoms with E-state index in [0.717, 1.165) is 13.0 Å². The van der Waals surface area contributed by atoms with Crippen LogP contribution in [-0.2, 0) is 4.79 Å². The van der Waals surface area contributed by atoms with Gasteiger partial charge in [0, 0.05) is 6.54 Å². The smallest absolute Gasteiger partial charge is 0.237 e. The fourth-order valence-corrected chi connectivity index (χ4v) is 3.13. The third-order valence-electron chi connectivity index (χ3n) is 4.18. The summed E-state index contributed by atoms with van der Waals surface area (Å²) in [6, 6.07) is 0. The molecule has 2 fully saturated rings. The summed E-state index contributed by atoms with van der Waals surface area (Å²) in [5.41, 5.74) is 0.368. The Kier molecular flexibility index (Phi) is 3.53. The molecular weight excluding hydrogens is 200 g/mol. The van der Waals surface area contributed by atoms with Gasteiger partial charge in [-0.1, -0.05) is 33.1 Å². The van der Waals surface area contributed by atoms with E-state index >= 15 is 0 Å². The molecule has 1 aliphatic heterocycles. The van der Waals surface area contributed by atoms with Crippen molar-refractivity contribution in [3.05, 3.63) is 0 Å². The zero-order chi connectivity index (χ0) is 11.6. The Balaban J connectivity index is 1.98. The summed E-state index contributed by atoms with van der Waals surface area (Å²) in [6.45, 7) is 5.99. The first-order valence-electron chi connectivity index (χ1n) is 6.67. The van der Waals surface area contributed by atoms with Gasteiger partial charge in [-0.15, -0.1) is 0 Å². The molecule has 1 aliphatic carbocycles. The monoisotopic (exact) mass is 224 g/mol. The molecule has 0 bridgehead atoms. The van der Waals surface area contributed by atoms with Crippen LogP contribution in [0.1, 0.15) is 52.4 Å². The first-order valence-corrected chi connectivity index (χ1v) is 6.67. The molecule has 1 saturated carbocycles. The van der Waals surface area contributed by atoms with Gasteiger partial charge in [0.1, 0.15) is 0 Å². The molecule has 2 rings (SSSR count). The standard InChI is InChI=1S/C13H24N2O/c1-3-11-14-9-12(16)15(11)10-13(2)7-5-4-6-8-13/h11,14H,3-10H2,1-2H3. The molecule has 3 nitrogen and oxygen atoms in total. The molecule has 92 valence electrons. The van der Waals surface area contributed by atoms with E-state index in [0.29, 0.717) is 17.9 Å². The van der Waals surface area contributed by atoms with Crippen LogP contribution >= 0.6 is 0 Å². The van der Waals surface area contributed by atoms with E-state index in [9.17, 15) is 4.79 Å². The number of nitrogens with one attached hydrogen (secondary N) is 1. The second-order valence-corrected chi connectivity index (χ2v) is 5.70. The minimum atomic E-state index is 0.284. The van der Waals surface area contributed by atoms with E-state index in [-0.39, 0.29) is 6.17 Å². The number of amides is 1. The Labute approximate surface area is 98.6 Å². The first kappa shape index (κ1) is 11.9. The van der Waals surface area contributed by atoms with Gasteiger partial charge in [-0.25, -0.2) is 0 Å². The minimum Gasteiger partial charge on any atom is -0.326 e. The summed E-state index contributed by atoms with van der Waals surface area (Å²) in [5.74, 6) is 0.290. The van der Waals surface area contributed by atoms with Crippen LogP contribution < -0.4 is 5.32 Å². The van der Waals surface area contributed by atoms with E-state index in [4.69, 9.17) is 0 Å². The predicted molar refractivity (Wildman–Crippen MR) is 65.0 cm³/mol. The van der Waals surface area contributed by atoms with Crippen molar-refractivity contribution < 1.29 is 4.79 Å². The van der Waals surface area contributed by atoms with Gasteiger partial charge in [-0.2, -0.15) is 0 Å². The van der Waals surface area contributed by atoms with Crippen molar-refractivity contribution in [1.29, 1.82) is 0 Å². The quantitative estimate of drug-likeness (QED) is 0.796. The third-order valence-corrected chi connectivity index (χ3v) is 4.18. The van der Waals surface area contributed by atoms with E-state index in [1.807, 2.05) is 0 Å². The summed E-state index contributed by atoms with van der Waals surface area (Å²) < 4.78 is 0. The second-order valence-electron chi connectivity index (χ2n) is 5.70. The van der Waals surface area contributed by atoms with Gasteiger partial charge in [0.2, 0.25) is 5.91 Å². The van der Waals surface area contributed by atoms with Gasteiger partial charge in [0.05, 0.1) is 12.7 Å². The van der Waals surface area contributed by atoms with Crippen LogP contribution in [0, 0.1) is 5.41 Å². The highest BCUT2D eigenvalue weighted by Crippen LogP contribution is 2.37. The molecule has 1 unspecified atom stereocenters. The van der Waals surface area contributed by atoms with Crippen molar-refractivity contribution in [2.75, 3.05) is 13.1 Å². The molecule has 3 heteroatoms. The second kappa shape index (κ2) is 4.74. The number of carbonyl (C=O) groups excluding carboxylic acids is 1. The minimum absolute atomic E-state index is 0.284. The van der Waals surface area contributed by atoms with Gasteiger partial charge in [0.15, 0.2) is 0 Å². The van der Waals surface area contributed by atoms with E-state index in [1.165, 1.54) is 32.1 Å². The molecular formula is C13H24N2O. The lowest BCUT2D eigenvalue weighted by Gasteiger charge is -2.38. The zero-order valence-electron chi connectivity index (χ0n) is 10.6. The Morgan fingerprint density at radius 1 is 1.38 bits per heavy atom. The molecule has 1 N–H and O–H groups in total. The maximum Gasteiger partial charge on any atom is 0.237 e. The van der Waals surface area contributed by atoms with Crippen molar-refractivity contribution >= 4 is 5.91 Å². The van der Waals surface area contributed by atoms with Crippen molar-refractivity contribution in [3.63, 3.8) is 0 Å². The topological polar surface area (TPSA) is 32.3 Å². The van der Waals surface area contributed by atoms with Crippen LogP contribution in [-0.4, -0.2) is 30.1 Å². The summed E-state index contributed by atoms with van der Waals surface area (Å²) in [7, 11) is 0. The summed E-state index contributed by atoms with van der Waals surface area (Å²) in [4.78, 5) is 13.9. The van der Waals surface area contributed by atoms with Crippen LogP contribution in [0.2, 0.25) is 0 Å². The molecule has 0 aromatic rings. The van der Waals surface area contributed by atoms with Crippen LogP contribution in [0.15, 0.2) is 0 Å². The maximum absolute atomic E-state index is 11.8. The number of nitrogens with zero attached hydrogens (tertiary/aromatic N) is 1. The normalized spacial score (nSPS) is 29.8. The van der Waals surface area contributed by atoms with Crippen molar-refractivity contribution in [3.8, 4) is 0 Å². The van der Waals surface area contributed by atoms with Gasteiger partial charge < -0.3 is 4.90 Å². The molecule has 0 radical (unpaired) electrons. The number of hydrogen-bond acceptors (Lipinski definition) is 2. The highest BCUT2D eigenvalue weighted by Gasteiger charge is 2.36. The predicted octanol–water partition coefficient (Wildman–Crippen LogP) is 2.12. The Morgan fingerprint density at radius 3 is 2.69 bits per heavy atom. The van der Waals surface area contributed by atoms with E-state index in [2.05, 4.69) is 24.1 Å². The lowest BCUT2D eigenvalue weighted by Crippen LogP contribution is -2.44. The highest BCUT2D eigenvalue weighted by molar-refractivity contribution is 5.80. The van der Waals surface area contributed by atoms with E-state index in [1.54, 1.807) is 0 Å². The molecule has 0 aromatic carbocycles. The molecule has 2 aliphatic rings. The Bertz CT molecular complexity index is 259. The van der Waals surface area contributed by atoms with Crippen LogP contribution in [0.25, 0.3) is 0 Å². The average Bonchev–Trinajstić information content (AvgIpc) is 2.61. The molecule has 1 amide bonds. The molecule has 1 heterocycles. The van der Waals surface area contributed by atoms with Gasteiger partial charge in [-0.3, -0.25) is 10.1 Å². The number of hydrogen-bond donors (Lipinski definition) is 1. The largest absolute Gasteiger partial charge is 0.326 e. The van der Waals surface area contributed by atoms with E-state index < -0.39 is 0 Å². The summed E-state index contributed by atoms with van der Waals surface area (Å²) in [6.07, 6.45) is 7.92. The number of rotatable bonds is 3. The van der Waals surface area contributed by atoms with Crippen molar-refractivity contribution in [2.24, 2.45) is 5.41 Å². The zero-order valence-corrected chi connectivity index (χ0v) is 10.6. The van der Waals surface area contributed by atoms with Crippen molar-refractivity contribution in [2.45, 2.75) is 58.5 Å². The average molecular weight is 224 g/mol. The maximum atomic E-state index is 11.8. The summed E-state index contributed by atoms with van der Waals surface area (Å²) in [5, 5.41) is 3.29. The summed E-state index contributed by atoms with van der Waals surface area (Å²) >= 11 is 0. The first-order chi connectivity index (χ1) is 7.64. The molecule has 0 aromatic heterocycles. The number of carbonyl (C=O) groups is 1. The van der Waals surface area contributed by atoms with Gasteiger partial charge in [-0.05, 0) is 24.7 Å². The molecule has 1 atom stereocenters. The molecule has 1 saturated heterocycles. The third kappa shape index (κ3) is 2.40. The fourth-order valence-electron chi connectivity index (χ4n) is 3.13. The molecule has 16 heavy (non-hydrogen) atoms. The highest BCUT2D eigenvalue weighted by atomic mass is 16.2. The van der Waals surface area contributed by atoms with Crippen LogP contribution in [0.4, 0.5) is 0 Å². The Morgan fingerprint density at radius 2 is 2.06 bits per heavy atom. The van der Waals surface area contributed by atoms with Crippen LogP contribution in [0.3, 0.4) is 0 Å². The lowest BCUT2D eigenvalue weighted by atomic mass is 9.75. The van der Waals surface area contributed by atoms with Crippen LogP contribution in [0.5, 0.6) is 0 Å².